The molecule has 0 aliphatic rings. The van der Waals surface area contributed by atoms with Crippen molar-refractivity contribution in [1.29, 1.82) is 0 Å². The van der Waals surface area contributed by atoms with E-state index in [0.717, 1.165) is 0 Å². The molecule has 0 aromatic carbocycles. The maximum atomic E-state index is 2.33. The van der Waals surface area contributed by atoms with Crippen molar-refractivity contribution in [3.8, 4) is 0 Å². The van der Waals surface area contributed by atoms with Gasteiger partial charge in [0.1, 0.15) is 0 Å². The first-order valence-corrected chi connectivity index (χ1v) is 6.00. The van der Waals surface area contributed by atoms with Gasteiger partial charge in [0, 0.05) is 8.07 Å². The van der Waals surface area contributed by atoms with Crippen LogP contribution >= 0.6 is 0 Å². The molecule has 0 saturated carbocycles. The van der Waals surface area contributed by atoms with Gasteiger partial charge >= 0.3 is 21.7 Å². The first-order valence-electron chi connectivity index (χ1n) is 2.00. The van der Waals surface area contributed by atoms with Crippen LogP contribution in [0.25, 0.3) is 0 Å². The van der Waals surface area contributed by atoms with Crippen LogP contribution < -0.4 is 0 Å². The van der Waals surface area contributed by atoms with Crippen LogP contribution in [0.3, 0.4) is 0 Å². The molecule has 0 nitrogen and oxygen atoms in total. The van der Waals surface area contributed by atoms with Gasteiger partial charge in [-0.05, 0) is 0 Å². The molecule has 0 rings (SSSR count). The topological polar surface area (TPSA) is 0 Å². The van der Waals surface area contributed by atoms with Gasteiger partial charge in [-0.1, -0.05) is 26.2 Å². The minimum Gasteiger partial charge on any atom is -0.0697 e. The fourth-order valence-corrected chi connectivity index (χ4v) is 0. The van der Waals surface area contributed by atoms with Crippen molar-refractivity contribution >= 4 is 8.07 Å². The van der Waals surface area contributed by atoms with E-state index in [1.807, 2.05) is 0 Å². The summed E-state index contributed by atoms with van der Waals surface area (Å²) in [6.45, 7) is 9.31. The largest absolute Gasteiger partial charge is 2.00 e. The zero-order chi connectivity index (χ0) is 4.50. The van der Waals surface area contributed by atoms with Gasteiger partial charge in [-0.2, -0.15) is 0 Å². The standard InChI is InChI=1S/C4H12Si.Ti/c1-5(2,3)4;/h1-4H3;/q;+2. The summed E-state index contributed by atoms with van der Waals surface area (Å²) in [6, 6.07) is 0. The van der Waals surface area contributed by atoms with Crippen molar-refractivity contribution < 1.29 is 21.7 Å². The summed E-state index contributed by atoms with van der Waals surface area (Å²) in [6.07, 6.45) is 0. The van der Waals surface area contributed by atoms with Gasteiger partial charge in [-0.15, -0.1) is 0 Å². The van der Waals surface area contributed by atoms with E-state index in [-0.39, 0.29) is 21.7 Å². The second-order valence-corrected chi connectivity index (χ2v) is 9.00. The molecule has 0 radical (unpaired) electrons. The summed E-state index contributed by atoms with van der Waals surface area (Å²) in [5, 5.41) is 0. The second-order valence-electron chi connectivity index (χ2n) is 3.00. The molecule has 0 atom stereocenters. The Hall–Kier alpha value is 0.931. The molecule has 0 N–H and O–H groups in total. The van der Waals surface area contributed by atoms with E-state index >= 15 is 0 Å². The summed E-state index contributed by atoms with van der Waals surface area (Å²) in [7, 11) is -0.611. The van der Waals surface area contributed by atoms with Gasteiger partial charge in [0.05, 0.1) is 0 Å². The third kappa shape index (κ3) is 87.9. The Morgan fingerprint density at radius 3 is 0.833 bits per heavy atom. The summed E-state index contributed by atoms with van der Waals surface area (Å²) < 4.78 is 0. The zero-order valence-corrected chi connectivity index (χ0v) is 7.56. The van der Waals surface area contributed by atoms with Crippen LogP contribution in [0.4, 0.5) is 0 Å². The Balaban J connectivity index is 0. The maximum Gasteiger partial charge on any atom is 2.00 e. The Labute approximate surface area is 56.2 Å². The van der Waals surface area contributed by atoms with Crippen molar-refractivity contribution in [2.24, 2.45) is 0 Å². The van der Waals surface area contributed by atoms with E-state index < -0.39 is 8.07 Å². The Morgan fingerprint density at radius 1 is 0.833 bits per heavy atom. The molecule has 34 valence electrons. The van der Waals surface area contributed by atoms with Crippen LogP contribution in [0.2, 0.25) is 26.2 Å². The number of rotatable bonds is 0. The minimum absolute atomic E-state index is 0. The van der Waals surface area contributed by atoms with E-state index in [1.54, 1.807) is 0 Å². The average molecular weight is 136 g/mol. The summed E-state index contributed by atoms with van der Waals surface area (Å²) in [5.41, 5.74) is 0. The Kier molecular flexibility index (Phi) is 5.02. The van der Waals surface area contributed by atoms with Crippen molar-refractivity contribution in [2.75, 3.05) is 0 Å². The first-order chi connectivity index (χ1) is 2.00. The van der Waals surface area contributed by atoms with Crippen LogP contribution in [-0.2, 0) is 21.7 Å². The fraction of sp³-hybridized carbons (Fsp3) is 1.00. The molecule has 0 aliphatic heterocycles. The van der Waals surface area contributed by atoms with Crippen molar-refractivity contribution in [1.82, 2.24) is 0 Å². The molecule has 0 heterocycles. The number of hydrogen-bond donors (Lipinski definition) is 0. The molecule has 0 aromatic heterocycles. The number of hydrogen-bond acceptors (Lipinski definition) is 0. The molecule has 0 unspecified atom stereocenters. The molecule has 0 fully saturated rings. The van der Waals surface area contributed by atoms with Crippen molar-refractivity contribution in [3.63, 3.8) is 0 Å². The first kappa shape index (κ1) is 10.0. The molecule has 6 heavy (non-hydrogen) atoms. The fourth-order valence-electron chi connectivity index (χ4n) is 0. The van der Waals surface area contributed by atoms with Gasteiger partial charge in [-0.25, -0.2) is 0 Å². The molecule has 0 aliphatic carbocycles. The SMILES string of the molecule is C[Si](C)(C)C.[Ti+2]. The summed E-state index contributed by atoms with van der Waals surface area (Å²) >= 11 is 0. The molecule has 0 saturated heterocycles. The van der Waals surface area contributed by atoms with E-state index in [4.69, 9.17) is 0 Å². The monoisotopic (exact) mass is 136 g/mol. The van der Waals surface area contributed by atoms with Gasteiger partial charge in [0.25, 0.3) is 0 Å². The predicted molar refractivity (Wildman–Crippen MR) is 29.2 cm³/mol. The van der Waals surface area contributed by atoms with Gasteiger partial charge in [-0.3, -0.25) is 0 Å². The van der Waals surface area contributed by atoms with Crippen LogP contribution in [0.15, 0.2) is 0 Å². The van der Waals surface area contributed by atoms with Crippen molar-refractivity contribution in [3.05, 3.63) is 0 Å². The molecular formula is C4H12SiTi+2. The molecule has 0 aromatic rings. The smallest absolute Gasteiger partial charge is 0.0697 e. The van der Waals surface area contributed by atoms with Crippen molar-refractivity contribution in [2.45, 2.75) is 26.2 Å². The third-order valence-corrected chi connectivity index (χ3v) is 0. The quantitative estimate of drug-likeness (QED) is 0.446. The van der Waals surface area contributed by atoms with Crippen LogP contribution in [-0.4, -0.2) is 8.07 Å². The van der Waals surface area contributed by atoms with Gasteiger partial charge < -0.3 is 0 Å². The van der Waals surface area contributed by atoms with E-state index in [2.05, 4.69) is 26.2 Å². The molecule has 2 heteroatoms. The molecule has 0 amide bonds. The second kappa shape index (κ2) is 3.00. The maximum absolute atomic E-state index is 2.33. The molecule has 0 spiro atoms. The third-order valence-electron chi connectivity index (χ3n) is 0. The van der Waals surface area contributed by atoms with Gasteiger partial charge in [0.15, 0.2) is 0 Å². The minimum atomic E-state index is -0.611. The summed E-state index contributed by atoms with van der Waals surface area (Å²) in [5.74, 6) is 0. The van der Waals surface area contributed by atoms with E-state index in [9.17, 15) is 0 Å². The summed E-state index contributed by atoms with van der Waals surface area (Å²) in [4.78, 5) is 0. The van der Waals surface area contributed by atoms with Gasteiger partial charge in [0.2, 0.25) is 0 Å². The van der Waals surface area contributed by atoms with E-state index in [1.165, 1.54) is 0 Å². The van der Waals surface area contributed by atoms with Crippen LogP contribution in [0.5, 0.6) is 0 Å². The molecule has 0 bridgehead atoms. The Morgan fingerprint density at radius 2 is 0.833 bits per heavy atom. The Bertz CT molecular complexity index is 23.0. The predicted octanol–water partition coefficient (Wildman–Crippen LogP) is 1.95. The average Bonchev–Trinajstić information content (AvgIpc) is 0.722. The molecular weight excluding hydrogens is 124 g/mol. The van der Waals surface area contributed by atoms with Crippen LogP contribution in [0.1, 0.15) is 0 Å². The normalized spacial score (nSPS) is 10.0. The zero-order valence-electron chi connectivity index (χ0n) is 5.00. The van der Waals surface area contributed by atoms with Crippen LogP contribution in [0, 0.1) is 0 Å². The van der Waals surface area contributed by atoms with E-state index in [0.29, 0.717) is 0 Å².